The Morgan fingerprint density at radius 3 is 2.95 bits per heavy atom. The van der Waals surface area contributed by atoms with Crippen molar-refractivity contribution in [2.24, 2.45) is 5.92 Å². The summed E-state index contributed by atoms with van der Waals surface area (Å²) in [5.74, 6) is 0.684. The molecule has 1 atom stereocenters. The second-order valence-electron chi connectivity index (χ2n) is 6.14. The molecule has 20 heavy (non-hydrogen) atoms. The number of ether oxygens (including phenoxy) is 1. The molecule has 0 spiro atoms. The Balaban J connectivity index is 1.88. The first-order valence-electron chi connectivity index (χ1n) is 7.57. The molecule has 1 aromatic heterocycles. The Kier molecular flexibility index (Phi) is 5.96. The van der Waals surface area contributed by atoms with Crippen LogP contribution in [0.5, 0.6) is 0 Å². The van der Waals surface area contributed by atoms with Gasteiger partial charge in [0.15, 0.2) is 0 Å². The van der Waals surface area contributed by atoms with Gasteiger partial charge in [0.25, 0.3) is 0 Å². The van der Waals surface area contributed by atoms with Gasteiger partial charge < -0.3 is 10.1 Å². The molecule has 0 amide bonds. The first-order valence-corrected chi connectivity index (χ1v) is 8.39. The average molecular weight is 297 g/mol. The zero-order valence-electron chi connectivity index (χ0n) is 13.1. The van der Waals surface area contributed by atoms with Crippen molar-refractivity contribution in [2.75, 3.05) is 26.2 Å². The molecule has 0 saturated carbocycles. The quantitative estimate of drug-likeness (QED) is 0.876. The summed E-state index contributed by atoms with van der Waals surface area (Å²) in [6.07, 6.45) is 2.14. The van der Waals surface area contributed by atoms with Crippen LogP contribution < -0.4 is 5.32 Å². The van der Waals surface area contributed by atoms with Crippen molar-refractivity contribution in [3.63, 3.8) is 0 Å². The molecular weight excluding hydrogens is 270 g/mol. The predicted molar refractivity (Wildman–Crippen MR) is 84.1 cm³/mol. The zero-order chi connectivity index (χ0) is 14.5. The van der Waals surface area contributed by atoms with Gasteiger partial charge in [-0.1, -0.05) is 13.8 Å². The maximum absolute atomic E-state index is 5.89. The molecule has 4 nitrogen and oxygen atoms in total. The maximum Gasteiger partial charge on any atom is 0.123 e. The third-order valence-corrected chi connectivity index (χ3v) is 4.62. The topological polar surface area (TPSA) is 37.4 Å². The van der Waals surface area contributed by atoms with Crippen LogP contribution in [0.15, 0.2) is 6.20 Å². The molecule has 0 aliphatic carbocycles. The molecule has 1 aromatic rings. The van der Waals surface area contributed by atoms with E-state index < -0.39 is 0 Å². The van der Waals surface area contributed by atoms with Crippen LogP contribution in [0.2, 0.25) is 0 Å². The van der Waals surface area contributed by atoms with Crippen molar-refractivity contribution in [1.29, 1.82) is 0 Å². The van der Waals surface area contributed by atoms with Crippen LogP contribution in [0.4, 0.5) is 0 Å². The van der Waals surface area contributed by atoms with Crippen molar-refractivity contribution in [3.8, 4) is 0 Å². The van der Waals surface area contributed by atoms with E-state index in [4.69, 9.17) is 4.74 Å². The minimum absolute atomic E-state index is 0.148. The molecular formula is C15H27N3OS. The van der Waals surface area contributed by atoms with Crippen molar-refractivity contribution < 1.29 is 4.74 Å². The molecule has 5 heteroatoms. The van der Waals surface area contributed by atoms with Crippen molar-refractivity contribution >= 4 is 11.3 Å². The molecule has 114 valence electrons. The number of thiazole rings is 1. The Labute approximate surface area is 126 Å². The SMILES string of the molecule is CC(C)CNCc1cnc(C2CN(C(C)C)CCO2)s1. The van der Waals surface area contributed by atoms with Crippen LogP contribution in [-0.4, -0.2) is 42.2 Å². The first kappa shape index (κ1) is 15.9. The lowest BCUT2D eigenvalue weighted by Crippen LogP contribution is -2.42. The molecule has 1 fully saturated rings. The maximum atomic E-state index is 5.89. The number of hydrogen-bond donors (Lipinski definition) is 1. The minimum atomic E-state index is 0.148. The normalized spacial score (nSPS) is 21.0. The summed E-state index contributed by atoms with van der Waals surface area (Å²) in [5.41, 5.74) is 0. The summed E-state index contributed by atoms with van der Waals surface area (Å²) in [4.78, 5) is 8.32. The number of hydrogen-bond acceptors (Lipinski definition) is 5. The number of nitrogens with one attached hydrogen (secondary N) is 1. The van der Waals surface area contributed by atoms with E-state index in [9.17, 15) is 0 Å². The highest BCUT2D eigenvalue weighted by Gasteiger charge is 2.25. The van der Waals surface area contributed by atoms with E-state index in [-0.39, 0.29) is 6.10 Å². The predicted octanol–water partition coefficient (Wildman–Crippen LogP) is 2.67. The van der Waals surface area contributed by atoms with Crippen LogP contribution in [0.3, 0.4) is 0 Å². The van der Waals surface area contributed by atoms with Crippen LogP contribution in [0.25, 0.3) is 0 Å². The van der Waals surface area contributed by atoms with Crippen LogP contribution in [-0.2, 0) is 11.3 Å². The Morgan fingerprint density at radius 1 is 1.45 bits per heavy atom. The fourth-order valence-electron chi connectivity index (χ4n) is 2.32. The summed E-state index contributed by atoms with van der Waals surface area (Å²) < 4.78 is 5.89. The smallest absolute Gasteiger partial charge is 0.123 e. The second-order valence-corrected chi connectivity index (χ2v) is 7.28. The molecule has 2 heterocycles. The van der Waals surface area contributed by atoms with Gasteiger partial charge in [-0.05, 0) is 26.3 Å². The standard InChI is InChI=1S/C15H27N3OS/c1-11(2)7-16-8-13-9-17-15(20-13)14-10-18(12(3)4)5-6-19-14/h9,11-12,14,16H,5-8,10H2,1-4H3. The van der Waals surface area contributed by atoms with Crippen LogP contribution >= 0.6 is 11.3 Å². The third kappa shape index (κ3) is 4.52. The van der Waals surface area contributed by atoms with Gasteiger partial charge in [0.2, 0.25) is 0 Å². The summed E-state index contributed by atoms with van der Waals surface area (Å²) in [6.45, 7) is 13.7. The van der Waals surface area contributed by atoms with E-state index in [2.05, 4.69) is 42.9 Å². The zero-order valence-corrected chi connectivity index (χ0v) is 13.9. The Hall–Kier alpha value is -0.490. The molecule has 1 saturated heterocycles. The number of morpholine rings is 1. The minimum Gasteiger partial charge on any atom is -0.368 e. The average Bonchev–Trinajstić information content (AvgIpc) is 2.87. The van der Waals surface area contributed by atoms with E-state index in [0.717, 1.165) is 37.8 Å². The van der Waals surface area contributed by atoms with Gasteiger partial charge in [-0.2, -0.15) is 0 Å². The van der Waals surface area contributed by atoms with Gasteiger partial charge in [0.05, 0.1) is 6.61 Å². The van der Waals surface area contributed by atoms with E-state index >= 15 is 0 Å². The molecule has 0 radical (unpaired) electrons. The summed E-state index contributed by atoms with van der Waals surface area (Å²) in [7, 11) is 0. The highest BCUT2D eigenvalue weighted by atomic mass is 32.1. The van der Waals surface area contributed by atoms with Crippen molar-refractivity contribution in [2.45, 2.75) is 46.4 Å². The van der Waals surface area contributed by atoms with Crippen molar-refractivity contribution in [3.05, 3.63) is 16.1 Å². The highest BCUT2D eigenvalue weighted by molar-refractivity contribution is 7.11. The largest absolute Gasteiger partial charge is 0.368 e. The molecule has 0 aromatic carbocycles. The summed E-state index contributed by atoms with van der Waals surface area (Å²) >= 11 is 1.78. The summed E-state index contributed by atoms with van der Waals surface area (Å²) in [5, 5.41) is 4.59. The van der Waals surface area contributed by atoms with Gasteiger partial charge in [-0.15, -0.1) is 11.3 Å². The fourth-order valence-corrected chi connectivity index (χ4v) is 3.25. The lowest BCUT2D eigenvalue weighted by Gasteiger charge is -2.34. The number of nitrogens with zero attached hydrogens (tertiary/aromatic N) is 2. The third-order valence-electron chi connectivity index (χ3n) is 3.53. The lowest BCUT2D eigenvalue weighted by atomic mass is 10.2. The Morgan fingerprint density at radius 2 is 2.25 bits per heavy atom. The molecule has 1 unspecified atom stereocenters. The van der Waals surface area contributed by atoms with Crippen LogP contribution in [0, 0.1) is 5.92 Å². The van der Waals surface area contributed by atoms with Gasteiger partial charge >= 0.3 is 0 Å². The fraction of sp³-hybridized carbons (Fsp3) is 0.800. The molecule has 0 bridgehead atoms. The molecule has 1 N–H and O–H groups in total. The second kappa shape index (κ2) is 7.50. The molecule has 2 rings (SSSR count). The number of rotatable bonds is 6. The monoisotopic (exact) mass is 297 g/mol. The van der Waals surface area contributed by atoms with Gasteiger partial charge in [-0.3, -0.25) is 4.90 Å². The van der Waals surface area contributed by atoms with E-state index in [1.54, 1.807) is 11.3 Å². The van der Waals surface area contributed by atoms with E-state index in [1.807, 2.05) is 6.20 Å². The number of aromatic nitrogens is 1. The van der Waals surface area contributed by atoms with Gasteiger partial charge in [0.1, 0.15) is 11.1 Å². The first-order chi connectivity index (χ1) is 9.56. The van der Waals surface area contributed by atoms with E-state index in [0.29, 0.717) is 12.0 Å². The summed E-state index contributed by atoms with van der Waals surface area (Å²) in [6, 6.07) is 0.577. The lowest BCUT2D eigenvalue weighted by molar-refractivity contribution is -0.0402. The van der Waals surface area contributed by atoms with Gasteiger partial charge in [-0.25, -0.2) is 4.98 Å². The van der Waals surface area contributed by atoms with Crippen molar-refractivity contribution in [1.82, 2.24) is 15.2 Å². The van der Waals surface area contributed by atoms with Crippen LogP contribution in [0.1, 0.15) is 43.7 Å². The Bertz CT molecular complexity index is 406. The van der Waals surface area contributed by atoms with E-state index in [1.165, 1.54) is 4.88 Å². The highest BCUT2D eigenvalue weighted by Crippen LogP contribution is 2.27. The van der Waals surface area contributed by atoms with Gasteiger partial charge in [0, 0.05) is 36.8 Å². The molecule has 1 aliphatic rings. The molecule has 1 aliphatic heterocycles.